The summed E-state index contributed by atoms with van der Waals surface area (Å²) in [5.74, 6) is 0.321. The van der Waals surface area contributed by atoms with E-state index in [0.29, 0.717) is 33.5 Å². The van der Waals surface area contributed by atoms with Crippen molar-refractivity contribution >= 4 is 44.9 Å². The lowest BCUT2D eigenvalue weighted by atomic mass is 9.98. The highest BCUT2D eigenvalue weighted by molar-refractivity contribution is 7.15. The van der Waals surface area contributed by atoms with Crippen LogP contribution in [0.4, 0.5) is 5.13 Å². The maximum atomic E-state index is 13.8. The normalized spacial score (nSPS) is 14.8. The predicted molar refractivity (Wildman–Crippen MR) is 150 cm³/mol. The van der Waals surface area contributed by atoms with E-state index in [-0.39, 0.29) is 16.8 Å². The summed E-state index contributed by atoms with van der Waals surface area (Å²) in [6.07, 6.45) is 0. The molecule has 0 saturated heterocycles. The average Bonchev–Trinajstić information content (AvgIpc) is 3.40. The quantitative estimate of drug-likeness (QED) is 0.236. The summed E-state index contributed by atoms with van der Waals surface area (Å²) >= 11 is 7.76. The molecule has 190 valence electrons. The number of halogens is 1. The zero-order valence-corrected chi connectivity index (χ0v) is 22.5. The molecule has 0 spiro atoms. The first kappa shape index (κ1) is 24.4. The molecule has 0 bridgehead atoms. The minimum Gasteiger partial charge on any atom is -0.489 e. The Kier molecular flexibility index (Phi) is 6.05. The monoisotopic (exact) mass is 542 g/mol. The number of aromatic nitrogens is 1. The number of aryl methyl sites for hydroxylation is 3. The van der Waals surface area contributed by atoms with Gasteiger partial charge in [-0.05, 0) is 61.7 Å². The highest BCUT2D eigenvalue weighted by Crippen LogP contribution is 2.43. The summed E-state index contributed by atoms with van der Waals surface area (Å²) in [5, 5.41) is 1.32. The van der Waals surface area contributed by atoms with E-state index in [1.54, 1.807) is 17.0 Å². The Morgan fingerprint density at radius 3 is 2.45 bits per heavy atom. The molecule has 0 saturated carbocycles. The molecule has 1 amide bonds. The Bertz CT molecular complexity index is 1740. The van der Waals surface area contributed by atoms with Crippen LogP contribution in [0.15, 0.2) is 75.9 Å². The number of hydrogen-bond donors (Lipinski definition) is 0. The van der Waals surface area contributed by atoms with Crippen molar-refractivity contribution in [3.05, 3.63) is 121 Å². The van der Waals surface area contributed by atoms with Crippen molar-refractivity contribution in [2.45, 2.75) is 33.4 Å². The van der Waals surface area contributed by atoms with Crippen molar-refractivity contribution in [2.75, 3.05) is 4.90 Å². The summed E-state index contributed by atoms with van der Waals surface area (Å²) < 4.78 is 12.0. The van der Waals surface area contributed by atoms with E-state index in [1.807, 2.05) is 75.4 Å². The number of ether oxygens (including phenoxy) is 1. The number of rotatable bonds is 5. The lowest BCUT2D eigenvalue weighted by molar-refractivity contribution is 0.0971. The predicted octanol–water partition coefficient (Wildman–Crippen LogP) is 7.16. The van der Waals surface area contributed by atoms with E-state index in [2.05, 4.69) is 4.98 Å². The fraction of sp³-hybridized carbons (Fsp3) is 0.167. The van der Waals surface area contributed by atoms with Crippen molar-refractivity contribution in [2.24, 2.45) is 0 Å². The fourth-order valence-corrected chi connectivity index (χ4v) is 5.75. The SMILES string of the molecule is Cc1cc2oc3c(c(=O)c2cc1Cl)C(c1ccc(OCc2ccccc2)cc1)N(c1nc(C)c(C)s1)C3=O. The fourth-order valence-electron chi connectivity index (χ4n) is 4.65. The molecule has 1 unspecified atom stereocenters. The lowest BCUT2D eigenvalue weighted by Crippen LogP contribution is -2.29. The van der Waals surface area contributed by atoms with E-state index in [4.69, 9.17) is 20.8 Å². The topological polar surface area (TPSA) is 72.6 Å². The van der Waals surface area contributed by atoms with Gasteiger partial charge < -0.3 is 9.15 Å². The second-order valence-corrected chi connectivity index (χ2v) is 10.9. The van der Waals surface area contributed by atoms with Crippen LogP contribution < -0.4 is 15.1 Å². The maximum Gasteiger partial charge on any atom is 0.297 e. The smallest absolute Gasteiger partial charge is 0.297 e. The molecule has 1 atom stereocenters. The van der Waals surface area contributed by atoms with Crippen molar-refractivity contribution in [3.8, 4) is 5.75 Å². The first-order chi connectivity index (χ1) is 18.3. The van der Waals surface area contributed by atoms with Gasteiger partial charge >= 0.3 is 0 Å². The number of amides is 1. The van der Waals surface area contributed by atoms with E-state index in [9.17, 15) is 9.59 Å². The number of fused-ring (bicyclic) bond motifs is 2. The Morgan fingerprint density at radius 1 is 1.03 bits per heavy atom. The zero-order chi connectivity index (χ0) is 26.6. The minimum atomic E-state index is -0.702. The molecule has 6 rings (SSSR count). The summed E-state index contributed by atoms with van der Waals surface area (Å²) in [7, 11) is 0. The average molecular weight is 543 g/mol. The van der Waals surface area contributed by atoms with E-state index in [1.165, 1.54) is 11.3 Å². The van der Waals surface area contributed by atoms with Gasteiger partial charge in [0.25, 0.3) is 5.91 Å². The van der Waals surface area contributed by atoms with Crippen LogP contribution in [0.1, 0.15) is 49.4 Å². The second-order valence-electron chi connectivity index (χ2n) is 9.33. The molecule has 1 aliphatic rings. The summed E-state index contributed by atoms with van der Waals surface area (Å²) in [6.45, 7) is 6.12. The number of benzene rings is 3. The van der Waals surface area contributed by atoms with Crippen molar-refractivity contribution in [1.29, 1.82) is 0 Å². The number of carbonyl (C=O) groups is 1. The van der Waals surface area contributed by atoms with Crippen LogP contribution in [-0.2, 0) is 6.61 Å². The van der Waals surface area contributed by atoms with Crippen molar-refractivity contribution in [3.63, 3.8) is 0 Å². The van der Waals surface area contributed by atoms with Gasteiger partial charge in [-0.15, -0.1) is 11.3 Å². The summed E-state index contributed by atoms with van der Waals surface area (Å²) in [5.41, 5.74) is 3.75. The molecule has 3 aromatic carbocycles. The molecule has 1 aliphatic heterocycles. The second kappa shape index (κ2) is 9.42. The van der Waals surface area contributed by atoms with Crippen LogP contribution in [0, 0.1) is 20.8 Å². The maximum absolute atomic E-state index is 13.8. The van der Waals surface area contributed by atoms with Gasteiger partial charge in [0.15, 0.2) is 10.6 Å². The largest absolute Gasteiger partial charge is 0.489 e. The highest BCUT2D eigenvalue weighted by atomic mass is 35.5. The molecule has 2 aromatic heterocycles. The van der Waals surface area contributed by atoms with Gasteiger partial charge in [0.1, 0.15) is 17.9 Å². The Hall–Kier alpha value is -3.94. The van der Waals surface area contributed by atoms with Gasteiger partial charge in [0.2, 0.25) is 5.76 Å². The number of carbonyl (C=O) groups excluding carboxylic acids is 1. The molecule has 0 N–H and O–H groups in total. The molecule has 0 aliphatic carbocycles. The van der Waals surface area contributed by atoms with E-state index < -0.39 is 11.9 Å². The minimum absolute atomic E-state index is 0.0316. The molecule has 0 fully saturated rings. The molecule has 38 heavy (non-hydrogen) atoms. The standard InChI is InChI=1S/C30H23ClN2O4S/c1-16-13-24-22(14-23(16)31)27(34)25-26(33(29(35)28(25)37-24)30-32-17(2)18(3)38-30)20-9-11-21(12-10-20)36-15-19-7-5-4-6-8-19/h4-14,26H,15H2,1-3H3. The van der Waals surface area contributed by atoms with Crippen LogP contribution in [0.3, 0.4) is 0 Å². The van der Waals surface area contributed by atoms with Crippen LogP contribution in [-0.4, -0.2) is 10.9 Å². The van der Waals surface area contributed by atoms with Crippen LogP contribution in [0.2, 0.25) is 5.02 Å². The van der Waals surface area contributed by atoms with Crippen molar-refractivity contribution < 1.29 is 13.9 Å². The molecule has 5 aromatic rings. The van der Waals surface area contributed by atoms with Crippen LogP contribution in [0.5, 0.6) is 5.75 Å². The van der Waals surface area contributed by atoms with Crippen LogP contribution in [0.25, 0.3) is 11.0 Å². The Balaban J connectivity index is 1.46. The van der Waals surface area contributed by atoms with Crippen molar-refractivity contribution in [1.82, 2.24) is 4.98 Å². The first-order valence-corrected chi connectivity index (χ1v) is 13.3. The van der Waals surface area contributed by atoms with Crippen LogP contribution >= 0.6 is 22.9 Å². The molecular weight excluding hydrogens is 520 g/mol. The third-order valence-corrected chi connectivity index (χ3v) is 8.30. The van der Waals surface area contributed by atoms with E-state index >= 15 is 0 Å². The van der Waals surface area contributed by atoms with Gasteiger partial charge in [-0.1, -0.05) is 54.1 Å². The number of hydrogen-bond acceptors (Lipinski definition) is 6. The number of thiazole rings is 1. The summed E-state index contributed by atoms with van der Waals surface area (Å²) in [4.78, 5) is 34.8. The van der Waals surface area contributed by atoms with Gasteiger partial charge in [-0.3, -0.25) is 14.5 Å². The summed E-state index contributed by atoms with van der Waals surface area (Å²) in [6, 6.07) is 20.0. The third kappa shape index (κ3) is 4.08. The Labute approximate surface area is 228 Å². The van der Waals surface area contributed by atoms with Gasteiger partial charge in [-0.25, -0.2) is 4.98 Å². The third-order valence-electron chi connectivity index (χ3n) is 6.82. The molecule has 0 radical (unpaired) electrons. The van der Waals surface area contributed by atoms with Gasteiger partial charge in [0, 0.05) is 9.90 Å². The highest BCUT2D eigenvalue weighted by Gasteiger charge is 2.45. The molecule has 3 heterocycles. The molecule has 6 nitrogen and oxygen atoms in total. The Morgan fingerprint density at radius 2 is 1.76 bits per heavy atom. The van der Waals surface area contributed by atoms with Gasteiger partial charge in [-0.2, -0.15) is 0 Å². The number of anilines is 1. The molecule has 8 heteroatoms. The first-order valence-electron chi connectivity index (χ1n) is 12.1. The molecular formula is C30H23ClN2O4S. The number of nitrogens with zero attached hydrogens (tertiary/aromatic N) is 2. The van der Waals surface area contributed by atoms with Gasteiger partial charge in [0.05, 0.1) is 22.7 Å². The lowest BCUT2D eigenvalue weighted by Gasteiger charge is -2.22. The van der Waals surface area contributed by atoms with E-state index in [0.717, 1.165) is 27.3 Å². The zero-order valence-electron chi connectivity index (χ0n) is 20.9.